The van der Waals surface area contributed by atoms with Gasteiger partial charge in [0.25, 0.3) is 11.8 Å². The summed E-state index contributed by atoms with van der Waals surface area (Å²) in [4.78, 5) is 40.0. The number of allylic oxidation sites excluding steroid dienone is 7. The number of hydrogen-bond donors (Lipinski definition) is 3. The molecular weight excluding hydrogens is 456 g/mol. The molecule has 182 valence electrons. The Balaban J connectivity index is 1.50. The Morgan fingerprint density at radius 2 is 1.86 bits per heavy atom. The number of likely N-dealkylation sites (N-methyl/N-ethyl adjacent to an activating group) is 1. The van der Waals surface area contributed by atoms with Crippen LogP contribution in [0.25, 0.3) is 0 Å². The average molecular weight is 481 g/mol. The summed E-state index contributed by atoms with van der Waals surface area (Å²) in [5, 5.41) is 15.1. The number of benzene rings is 1. The van der Waals surface area contributed by atoms with E-state index in [1.807, 2.05) is 42.5 Å². The van der Waals surface area contributed by atoms with Gasteiger partial charge in [-0.15, -0.1) is 0 Å². The number of carbonyl (C=O) groups is 3. The predicted molar refractivity (Wildman–Crippen MR) is 124 cm³/mol. The Morgan fingerprint density at radius 3 is 2.57 bits per heavy atom. The third kappa shape index (κ3) is 4.59. The highest BCUT2D eigenvalue weighted by Crippen LogP contribution is 2.48. The second kappa shape index (κ2) is 9.42. The summed E-state index contributed by atoms with van der Waals surface area (Å²) >= 11 is 0. The van der Waals surface area contributed by atoms with E-state index in [4.69, 9.17) is 0 Å². The minimum atomic E-state index is -1.88. The first kappa shape index (κ1) is 24.3. The van der Waals surface area contributed by atoms with Crippen molar-refractivity contribution in [2.75, 3.05) is 7.05 Å². The van der Waals surface area contributed by atoms with Crippen molar-refractivity contribution in [3.63, 3.8) is 0 Å². The summed E-state index contributed by atoms with van der Waals surface area (Å²) in [5.74, 6) is -3.92. The topological polar surface area (TPSA) is 98.7 Å². The molecule has 0 radical (unpaired) electrons. The molecule has 1 aliphatic heterocycles. The fourth-order valence-electron chi connectivity index (χ4n) is 4.53. The van der Waals surface area contributed by atoms with Crippen molar-refractivity contribution < 1.29 is 28.3 Å². The Morgan fingerprint density at radius 1 is 1.14 bits per heavy atom. The van der Waals surface area contributed by atoms with Gasteiger partial charge >= 0.3 is 0 Å². The summed E-state index contributed by atoms with van der Waals surface area (Å²) in [7, 11) is 1.65. The van der Waals surface area contributed by atoms with Gasteiger partial charge in [0, 0.05) is 18.8 Å². The molecule has 3 N–H and O–H groups in total. The molecule has 2 aliphatic carbocycles. The molecule has 3 aliphatic rings. The van der Waals surface area contributed by atoms with E-state index >= 15 is 0 Å². The zero-order valence-corrected chi connectivity index (χ0v) is 19.2. The molecular formula is C26H25F2N3O4. The quantitative estimate of drug-likeness (QED) is 0.601. The lowest BCUT2D eigenvalue weighted by molar-refractivity contribution is -0.135. The molecule has 4 rings (SSSR count). The molecule has 1 heterocycles. The van der Waals surface area contributed by atoms with Gasteiger partial charge in [-0.2, -0.15) is 0 Å². The van der Waals surface area contributed by atoms with E-state index in [0.29, 0.717) is 12.5 Å². The number of hydrogen-bond acceptors (Lipinski definition) is 4. The van der Waals surface area contributed by atoms with Crippen molar-refractivity contribution >= 4 is 17.7 Å². The van der Waals surface area contributed by atoms with Gasteiger partial charge in [0.15, 0.2) is 6.10 Å². The van der Waals surface area contributed by atoms with Crippen molar-refractivity contribution in [1.82, 2.24) is 15.5 Å². The van der Waals surface area contributed by atoms with Gasteiger partial charge in [-0.1, -0.05) is 36.5 Å². The van der Waals surface area contributed by atoms with Crippen LogP contribution in [0.1, 0.15) is 25.0 Å². The number of rotatable bonds is 5. The Labute approximate surface area is 201 Å². The molecule has 1 aromatic carbocycles. The van der Waals surface area contributed by atoms with Crippen LogP contribution in [0.15, 0.2) is 78.1 Å². The summed E-state index contributed by atoms with van der Waals surface area (Å²) in [5.41, 5.74) is 0.849. The fourth-order valence-corrected chi connectivity index (χ4v) is 4.53. The highest BCUT2D eigenvalue weighted by molar-refractivity contribution is 5.95. The normalized spacial score (nSPS) is 24.4. The van der Waals surface area contributed by atoms with Gasteiger partial charge in [-0.05, 0) is 48.8 Å². The van der Waals surface area contributed by atoms with Crippen molar-refractivity contribution in [3.05, 3.63) is 95.3 Å². The maximum atomic E-state index is 13.4. The van der Waals surface area contributed by atoms with Gasteiger partial charge in [0.05, 0.1) is 5.41 Å². The number of carbonyl (C=O) groups excluding carboxylic acids is 3. The molecule has 0 saturated heterocycles. The van der Waals surface area contributed by atoms with Crippen molar-refractivity contribution in [3.8, 4) is 0 Å². The molecule has 0 fully saturated rings. The SMILES string of the molecule is CC(NC(=O)C(O)c1cc(F)cc(F)c1)C(=O)N[C@H]1C=C2C=CC=CC23CC=CC=C3N(C)C1=O. The van der Waals surface area contributed by atoms with E-state index in [1.165, 1.54) is 11.8 Å². The van der Waals surface area contributed by atoms with Gasteiger partial charge in [-0.25, -0.2) is 8.78 Å². The first-order chi connectivity index (χ1) is 16.6. The zero-order valence-electron chi connectivity index (χ0n) is 19.2. The maximum absolute atomic E-state index is 13.4. The second-order valence-corrected chi connectivity index (χ2v) is 8.71. The zero-order chi connectivity index (χ0) is 25.3. The van der Waals surface area contributed by atoms with E-state index in [1.54, 1.807) is 13.1 Å². The summed E-state index contributed by atoms with van der Waals surface area (Å²) in [6.45, 7) is 1.38. The first-order valence-corrected chi connectivity index (χ1v) is 11.1. The maximum Gasteiger partial charge on any atom is 0.254 e. The Bertz CT molecular complexity index is 1210. The van der Waals surface area contributed by atoms with Crippen LogP contribution in [0.3, 0.4) is 0 Å². The fraction of sp³-hybridized carbons (Fsp3) is 0.269. The molecule has 1 spiro atoms. The molecule has 4 atom stereocenters. The Kier molecular flexibility index (Phi) is 6.53. The number of nitrogens with zero attached hydrogens (tertiary/aromatic N) is 1. The van der Waals surface area contributed by atoms with Crippen LogP contribution in [-0.2, 0) is 14.4 Å². The highest BCUT2D eigenvalue weighted by Gasteiger charge is 2.43. The first-order valence-electron chi connectivity index (χ1n) is 11.1. The van der Waals surface area contributed by atoms with Crippen LogP contribution in [-0.4, -0.2) is 46.9 Å². The number of halogens is 2. The van der Waals surface area contributed by atoms with E-state index in [0.717, 1.165) is 23.4 Å². The molecule has 35 heavy (non-hydrogen) atoms. The smallest absolute Gasteiger partial charge is 0.254 e. The molecule has 0 bridgehead atoms. The van der Waals surface area contributed by atoms with Crippen LogP contribution in [0.4, 0.5) is 8.78 Å². The third-order valence-electron chi connectivity index (χ3n) is 6.37. The lowest BCUT2D eigenvalue weighted by atomic mass is 9.70. The van der Waals surface area contributed by atoms with E-state index in [9.17, 15) is 28.3 Å². The van der Waals surface area contributed by atoms with Crippen LogP contribution < -0.4 is 10.6 Å². The van der Waals surface area contributed by atoms with E-state index < -0.39 is 47.1 Å². The molecule has 1 aromatic rings. The van der Waals surface area contributed by atoms with Gasteiger partial charge < -0.3 is 20.6 Å². The number of aliphatic hydroxyl groups excluding tert-OH is 1. The molecule has 9 heteroatoms. The lowest BCUT2D eigenvalue weighted by Gasteiger charge is -2.39. The van der Waals surface area contributed by atoms with Crippen molar-refractivity contribution in [1.29, 1.82) is 0 Å². The monoisotopic (exact) mass is 481 g/mol. The second-order valence-electron chi connectivity index (χ2n) is 8.71. The van der Waals surface area contributed by atoms with E-state index in [-0.39, 0.29) is 11.5 Å². The minimum Gasteiger partial charge on any atom is -0.378 e. The van der Waals surface area contributed by atoms with Crippen molar-refractivity contribution in [2.24, 2.45) is 5.41 Å². The number of aliphatic hydroxyl groups is 1. The minimum absolute atomic E-state index is 0.287. The summed E-state index contributed by atoms with van der Waals surface area (Å²) in [6, 6.07) is 0.131. The molecule has 7 nitrogen and oxygen atoms in total. The molecule has 0 aromatic heterocycles. The highest BCUT2D eigenvalue weighted by atomic mass is 19.1. The molecule has 3 amide bonds. The van der Waals surface area contributed by atoms with Crippen LogP contribution >= 0.6 is 0 Å². The van der Waals surface area contributed by atoms with E-state index in [2.05, 4.69) is 10.6 Å². The van der Waals surface area contributed by atoms with Gasteiger partial charge in [-0.3, -0.25) is 14.4 Å². The third-order valence-corrected chi connectivity index (χ3v) is 6.37. The van der Waals surface area contributed by atoms with Gasteiger partial charge in [0.1, 0.15) is 23.7 Å². The van der Waals surface area contributed by atoms with Gasteiger partial charge in [0.2, 0.25) is 5.91 Å². The number of nitrogens with one attached hydrogen (secondary N) is 2. The summed E-state index contributed by atoms with van der Waals surface area (Å²) in [6.07, 6.45) is 14.0. The Hall–Kier alpha value is -3.85. The standard InChI is InChI=1S/C26H25F2N3O4/c1-15(29-24(34)22(32)16-11-18(27)14-19(28)12-16)23(33)30-20-13-17-7-3-5-9-26(17)10-6-4-8-21(26)31(2)25(20)35/h3-9,11-15,20,22,32H,10H2,1-2H3,(H,29,34)(H,30,33)/t15?,20-,22?,26?/m0/s1. The number of amides is 3. The summed E-state index contributed by atoms with van der Waals surface area (Å²) < 4.78 is 26.9. The van der Waals surface area contributed by atoms with Crippen molar-refractivity contribution in [2.45, 2.75) is 31.5 Å². The predicted octanol–water partition coefficient (Wildman–Crippen LogP) is 2.34. The van der Waals surface area contributed by atoms with Crippen LogP contribution in [0, 0.1) is 17.0 Å². The molecule has 3 unspecified atom stereocenters. The van der Waals surface area contributed by atoms with Crippen LogP contribution in [0.5, 0.6) is 0 Å². The lowest BCUT2D eigenvalue weighted by Crippen LogP contribution is -2.52. The van der Waals surface area contributed by atoms with Crippen LogP contribution in [0.2, 0.25) is 0 Å². The average Bonchev–Trinajstić information content (AvgIpc) is 2.91. The molecule has 0 saturated carbocycles. The largest absolute Gasteiger partial charge is 0.378 e.